The number of carbonyl (C=O) groups is 2. The summed E-state index contributed by atoms with van der Waals surface area (Å²) >= 11 is 0. The van der Waals surface area contributed by atoms with Crippen molar-refractivity contribution in [2.75, 3.05) is 0 Å². The molecule has 0 amide bonds. The summed E-state index contributed by atoms with van der Waals surface area (Å²) in [5.74, 6) is 0.715. The molecule has 0 saturated heterocycles. The third-order valence-electron chi connectivity index (χ3n) is 6.49. The third kappa shape index (κ3) is 4.59. The first-order valence-corrected chi connectivity index (χ1v) is 11.6. The van der Waals surface area contributed by atoms with E-state index in [0.717, 1.165) is 18.4 Å². The zero-order valence-electron chi connectivity index (χ0n) is 18.8. The molecule has 2 unspecified atom stereocenters. The minimum atomic E-state index is -0.0558. The Morgan fingerprint density at radius 2 is 1.97 bits per heavy atom. The lowest BCUT2D eigenvalue weighted by Crippen LogP contribution is -2.23. The van der Waals surface area contributed by atoms with Gasteiger partial charge >= 0.3 is 0 Å². The van der Waals surface area contributed by atoms with Gasteiger partial charge in [-0.25, -0.2) is 0 Å². The van der Waals surface area contributed by atoms with Crippen LogP contribution in [0.2, 0.25) is 0 Å². The van der Waals surface area contributed by atoms with Crippen LogP contribution in [0.1, 0.15) is 85.7 Å². The molecule has 2 atom stereocenters. The highest BCUT2D eigenvalue weighted by atomic mass is 16.5. The van der Waals surface area contributed by atoms with Gasteiger partial charge in [-0.05, 0) is 37.7 Å². The molecule has 2 aromatic rings. The summed E-state index contributed by atoms with van der Waals surface area (Å²) in [4.78, 5) is 30.1. The molecule has 6 nitrogen and oxygen atoms in total. The number of hydrogen-bond acceptors (Lipinski definition) is 6. The molecule has 2 aliphatic rings. The Morgan fingerprint density at radius 1 is 1.19 bits per heavy atom. The number of ketones is 2. The Hall–Kier alpha value is -3.02. The van der Waals surface area contributed by atoms with Gasteiger partial charge in [0, 0.05) is 43.9 Å². The highest BCUT2D eigenvalue weighted by Gasteiger charge is 2.33. The summed E-state index contributed by atoms with van der Waals surface area (Å²) in [5.41, 5.74) is 3.31. The standard InChI is InChI=1S/C26H30N2O4/c1-3-16(2)27-19-10-7-11-21(29)25(19)22(30)13-12-20-26-23(31)14-18(15-24(26)32-28-20)17-8-5-4-6-9-17/h4-6,8-9,16,18,30H,3,7,10-15H2,1-2H3/b25-22-,27-19?. The van der Waals surface area contributed by atoms with Gasteiger partial charge in [-0.15, -0.1) is 0 Å². The van der Waals surface area contributed by atoms with Crippen molar-refractivity contribution in [3.63, 3.8) is 0 Å². The van der Waals surface area contributed by atoms with Gasteiger partial charge < -0.3 is 9.63 Å². The van der Waals surface area contributed by atoms with E-state index in [1.165, 1.54) is 0 Å². The molecule has 168 valence electrons. The van der Waals surface area contributed by atoms with Crippen LogP contribution in [0.5, 0.6) is 0 Å². The van der Waals surface area contributed by atoms with E-state index in [2.05, 4.69) is 17.1 Å². The number of carbonyl (C=O) groups excluding carboxylic acids is 2. The number of aliphatic hydroxyl groups excluding tert-OH is 1. The van der Waals surface area contributed by atoms with E-state index in [0.29, 0.717) is 60.4 Å². The molecule has 1 N–H and O–H groups in total. The minimum absolute atomic E-state index is 0.0243. The number of aryl methyl sites for hydroxylation is 1. The highest BCUT2D eigenvalue weighted by Crippen LogP contribution is 2.35. The van der Waals surface area contributed by atoms with Gasteiger partial charge in [-0.3, -0.25) is 14.6 Å². The summed E-state index contributed by atoms with van der Waals surface area (Å²) in [7, 11) is 0. The van der Waals surface area contributed by atoms with Crippen LogP contribution in [0, 0.1) is 0 Å². The lowest BCUT2D eigenvalue weighted by Gasteiger charge is -2.20. The van der Waals surface area contributed by atoms with Crippen molar-refractivity contribution in [2.24, 2.45) is 4.99 Å². The summed E-state index contributed by atoms with van der Waals surface area (Å²) < 4.78 is 5.54. The summed E-state index contributed by atoms with van der Waals surface area (Å²) in [6, 6.07) is 10.1. The first-order valence-electron chi connectivity index (χ1n) is 11.6. The van der Waals surface area contributed by atoms with Crippen molar-refractivity contribution in [3.8, 4) is 0 Å². The van der Waals surface area contributed by atoms with Crippen molar-refractivity contribution >= 4 is 17.3 Å². The summed E-state index contributed by atoms with van der Waals surface area (Å²) in [6.45, 7) is 4.06. The smallest absolute Gasteiger partial charge is 0.168 e. The van der Waals surface area contributed by atoms with E-state index in [-0.39, 0.29) is 35.7 Å². The Kier molecular flexibility index (Phi) is 6.68. The first kappa shape index (κ1) is 22.2. The van der Waals surface area contributed by atoms with Crippen LogP contribution in [0.25, 0.3) is 0 Å². The van der Waals surface area contributed by atoms with E-state index in [1.807, 2.05) is 37.3 Å². The molecule has 1 saturated carbocycles. The first-order chi connectivity index (χ1) is 15.5. The number of benzene rings is 1. The average Bonchev–Trinajstić information content (AvgIpc) is 3.21. The lowest BCUT2D eigenvalue weighted by molar-refractivity contribution is -0.115. The molecule has 2 aliphatic carbocycles. The minimum Gasteiger partial charge on any atom is -0.511 e. The Balaban J connectivity index is 1.52. The van der Waals surface area contributed by atoms with Crippen molar-refractivity contribution in [1.82, 2.24) is 5.16 Å². The molecule has 6 heteroatoms. The number of aromatic nitrogens is 1. The predicted molar refractivity (Wildman–Crippen MR) is 122 cm³/mol. The molecular formula is C26H30N2O4. The average molecular weight is 435 g/mol. The second-order valence-electron chi connectivity index (χ2n) is 8.80. The lowest BCUT2D eigenvalue weighted by atomic mass is 9.81. The number of hydrogen-bond donors (Lipinski definition) is 1. The van der Waals surface area contributed by atoms with Gasteiger partial charge in [0.1, 0.15) is 11.5 Å². The van der Waals surface area contributed by atoms with Crippen LogP contribution in [-0.2, 0) is 17.6 Å². The molecule has 0 aliphatic heterocycles. The molecule has 0 radical (unpaired) electrons. The molecule has 1 aromatic heterocycles. The van der Waals surface area contributed by atoms with E-state index < -0.39 is 0 Å². The molecular weight excluding hydrogens is 404 g/mol. The van der Waals surface area contributed by atoms with Gasteiger partial charge in [0.25, 0.3) is 0 Å². The number of nitrogens with zero attached hydrogens (tertiary/aromatic N) is 2. The number of fused-ring (bicyclic) bond motifs is 1. The SMILES string of the molecule is CCC(C)N=C1CCCC(=O)/C1=C(\O)CCc1noc2c1C(=O)CC(c1ccccc1)C2. The fourth-order valence-electron chi connectivity index (χ4n) is 4.57. The maximum absolute atomic E-state index is 12.9. The predicted octanol–water partition coefficient (Wildman–Crippen LogP) is 5.32. The van der Waals surface area contributed by atoms with Gasteiger partial charge in [-0.1, -0.05) is 42.4 Å². The maximum atomic E-state index is 12.9. The highest BCUT2D eigenvalue weighted by molar-refractivity contribution is 6.24. The largest absolute Gasteiger partial charge is 0.511 e. The Bertz CT molecular complexity index is 1060. The zero-order chi connectivity index (χ0) is 22.7. The topological polar surface area (TPSA) is 92.8 Å². The van der Waals surface area contributed by atoms with E-state index >= 15 is 0 Å². The van der Waals surface area contributed by atoms with Crippen LogP contribution in [0.4, 0.5) is 0 Å². The van der Waals surface area contributed by atoms with Gasteiger partial charge in [0.2, 0.25) is 0 Å². The van der Waals surface area contributed by atoms with Crippen molar-refractivity contribution in [3.05, 3.63) is 64.2 Å². The number of allylic oxidation sites excluding steroid dienone is 2. The van der Waals surface area contributed by atoms with Gasteiger partial charge in [0.15, 0.2) is 11.6 Å². The van der Waals surface area contributed by atoms with Crippen LogP contribution in [-0.4, -0.2) is 33.6 Å². The monoisotopic (exact) mass is 434 g/mol. The molecule has 0 spiro atoms. The van der Waals surface area contributed by atoms with Crippen molar-refractivity contribution in [1.29, 1.82) is 0 Å². The van der Waals surface area contributed by atoms with Crippen LogP contribution < -0.4 is 0 Å². The summed E-state index contributed by atoms with van der Waals surface area (Å²) in [6.07, 6.45) is 4.40. The van der Waals surface area contributed by atoms with Crippen LogP contribution in [0.15, 0.2) is 51.2 Å². The third-order valence-corrected chi connectivity index (χ3v) is 6.49. The van der Waals surface area contributed by atoms with Crippen LogP contribution in [0.3, 0.4) is 0 Å². The molecule has 4 rings (SSSR count). The second kappa shape index (κ2) is 9.63. The second-order valence-corrected chi connectivity index (χ2v) is 8.80. The Labute approximate surface area is 188 Å². The number of aliphatic imine (C=N–C) groups is 1. The number of aliphatic hydroxyl groups is 1. The van der Waals surface area contributed by atoms with E-state index in [4.69, 9.17) is 4.52 Å². The van der Waals surface area contributed by atoms with Gasteiger partial charge in [-0.2, -0.15) is 0 Å². The normalized spacial score (nSPS) is 22.7. The molecule has 32 heavy (non-hydrogen) atoms. The molecule has 0 bridgehead atoms. The van der Waals surface area contributed by atoms with Crippen molar-refractivity contribution in [2.45, 2.75) is 77.2 Å². The zero-order valence-corrected chi connectivity index (χ0v) is 18.8. The van der Waals surface area contributed by atoms with E-state index in [1.54, 1.807) is 0 Å². The van der Waals surface area contributed by atoms with Crippen LogP contribution >= 0.6 is 0 Å². The fourth-order valence-corrected chi connectivity index (χ4v) is 4.57. The number of rotatable bonds is 6. The summed E-state index contributed by atoms with van der Waals surface area (Å²) in [5, 5.41) is 14.9. The molecule has 1 heterocycles. The molecule has 1 aromatic carbocycles. The maximum Gasteiger partial charge on any atom is 0.168 e. The quantitative estimate of drug-likeness (QED) is 0.490. The fraction of sp³-hybridized carbons (Fsp3) is 0.462. The Morgan fingerprint density at radius 3 is 2.72 bits per heavy atom. The van der Waals surface area contributed by atoms with E-state index in [9.17, 15) is 14.7 Å². The van der Waals surface area contributed by atoms with Gasteiger partial charge in [0.05, 0.1) is 16.8 Å². The van der Waals surface area contributed by atoms with Crippen molar-refractivity contribution < 1.29 is 19.2 Å². The number of Topliss-reactive ketones (excluding diaryl/α,β-unsaturated/α-hetero) is 2. The molecule has 1 fully saturated rings.